The second-order valence-electron chi connectivity index (χ2n) is 5.47. The molecule has 3 aromatic rings. The summed E-state index contributed by atoms with van der Waals surface area (Å²) in [4.78, 5) is 20.0. The molecule has 2 aromatic heterocycles. The number of fused-ring (bicyclic) bond motifs is 1. The fraction of sp³-hybridized carbons (Fsp3) is 0.250. The van der Waals surface area contributed by atoms with E-state index in [1.54, 1.807) is 31.2 Å². The van der Waals surface area contributed by atoms with Crippen molar-refractivity contribution in [1.29, 1.82) is 0 Å². The van der Waals surface area contributed by atoms with E-state index in [-0.39, 0.29) is 18.8 Å². The van der Waals surface area contributed by atoms with Gasteiger partial charge in [0.1, 0.15) is 0 Å². The average molecular weight is 385 g/mol. The van der Waals surface area contributed by atoms with Crippen LogP contribution in [0.3, 0.4) is 0 Å². The lowest BCUT2D eigenvalue weighted by Crippen LogP contribution is -2.26. The van der Waals surface area contributed by atoms with Crippen LogP contribution in [0.25, 0.3) is 10.9 Å². The molecular formula is C16H12ClF3N4O2. The molecule has 2 heterocycles. The smallest absolute Gasteiger partial charge is 0.352 e. The van der Waals surface area contributed by atoms with Gasteiger partial charge in [-0.15, -0.1) is 0 Å². The molecule has 0 saturated heterocycles. The SMILES string of the molecule is Cc1cc(C(=O)NCCc2noc(C(F)(F)F)n2)c2cccc(Cl)c2n1. The van der Waals surface area contributed by atoms with E-state index in [9.17, 15) is 18.0 Å². The molecule has 136 valence electrons. The first-order valence-corrected chi connectivity index (χ1v) is 7.87. The van der Waals surface area contributed by atoms with E-state index in [0.717, 1.165) is 0 Å². The summed E-state index contributed by atoms with van der Waals surface area (Å²) < 4.78 is 41.4. The summed E-state index contributed by atoms with van der Waals surface area (Å²) >= 11 is 6.12. The third-order valence-corrected chi connectivity index (χ3v) is 3.81. The minimum Gasteiger partial charge on any atom is -0.352 e. The molecule has 1 aromatic carbocycles. The summed E-state index contributed by atoms with van der Waals surface area (Å²) in [5, 5.41) is 6.87. The normalized spacial score (nSPS) is 11.7. The lowest BCUT2D eigenvalue weighted by atomic mass is 10.1. The highest BCUT2D eigenvalue weighted by Gasteiger charge is 2.38. The molecule has 0 spiro atoms. The van der Waals surface area contributed by atoms with Gasteiger partial charge >= 0.3 is 12.1 Å². The van der Waals surface area contributed by atoms with Crippen molar-refractivity contribution in [3.05, 3.63) is 52.3 Å². The maximum Gasteiger partial charge on any atom is 0.471 e. The van der Waals surface area contributed by atoms with E-state index in [2.05, 4.69) is 25.0 Å². The molecule has 0 aliphatic heterocycles. The zero-order valence-corrected chi connectivity index (χ0v) is 14.1. The molecule has 0 radical (unpaired) electrons. The molecule has 26 heavy (non-hydrogen) atoms. The second kappa shape index (κ2) is 6.91. The van der Waals surface area contributed by atoms with Gasteiger partial charge in [0.2, 0.25) is 0 Å². The number of nitrogens with zero attached hydrogens (tertiary/aromatic N) is 3. The molecule has 3 rings (SSSR count). The third-order valence-electron chi connectivity index (χ3n) is 3.51. The number of aryl methyl sites for hydroxylation is 1. The van der Waals surface area contributed by atoms with Crippen molar-refractivity contribution in [1.82, 2.24) is 20.4 Å². The van der Waals surface area contributed by atoms with E-state index >= 15 is 0 Å². The zero-order chi connectivity index (χ0) is 18.9. The number of nitrogens with one attached hydrogen (secondary N) is 1. The Hall–Kier alpha value is -2.68. The van der Waals surface area contributed by atoms with Gasteiger partial charge in [-0.2, -0.15) is 18.2 Å². The van der Waals surface area contributed by atoms with Gasteiger partial charge in [0, 0.05) is 24.0 Å². The standard InChI is InChI=1S/C16H12ClF3N4O2/c1-8-7-10(9-3-2-4-11(17)13(9)22-8)14(25)21-6-5-12-23-15(26-24-12)16(18,19)20/h2-4,7H,5-6H2,1H3,(H,21,25). The van der Waals surface area contributed by atoms with E-state index in [1.807, 2.05) is 0 Å². The van der Waals surface area contributed by atoms with E-state index in [1.165, 1.54) is 0 Å². The van der Waals surface area contributed by atoms with Crippen LogP contribution in [0.2, 0.25) is 5.02 Å². The van der Waals surface area contributed by atoms with Gasteiger partial charge in [-0.25, -0.2) is 0 Å². The number of rotatable bonds is 4. The van der Waals surface area contributed by atoms with Crippen molar-refractivity contribution in [3.8, 4) is 0 Å². The number of amides is 1. The predicted octanol–water partition coefficient (Wildman–Crippen LogP) is 3.57. The maximum absolute atomic E-state index is 12.5. The van der Waals surface area contributed by atoms with Gasteiger partial charge in [0.25, 0.3) is 5.91 Å². The molecule has 0 aliphatic carbocycles. The molecule has 1 amide bonds. The molecule has 6 nitrogen and oxygen atoms in total. The minimum absolute atomic E-state index is 0.00588. The highest BCUT2D eigenvalue weighted by Crippen LogP contribution is 2.27. The van der Waals surface area contributed by atoms with Gasteiger partial charge in [0.15, 0.2) is 5.82 Å². The van der Waals surface area contributed by atoms with Crippen LogP contribution < -0.4 is 5.32 Å². The number of hydrogen-bond donors (Lipinski definition) is 1. The van der Waals surface area contributed by atoms with E-state index in [4.69, 9.17) is 11.6 Å². The Morgan fingerprint density at radius 1 is 1.31 bits per heavy atom. The topological polar surface area (TPSA) is 80.9 Å². The van der Waals surface area contributed by atoms with Crippen LogP contribution in [0, 0.1) is 6.92 Å². The van der Waals surface area contributed by atoms with Gasteiger partial charge < -0.3 is 9.84 Å². The lowest BCUT2D eigenvalue weighted by Gasteiger charge is -2.09. The van der Waals surface area contributed by atoms with Crippen LogP contribution in [0.5, 0.6) is 0 Å². The summed E-state index contributed by atoms with van der Waals surface area (Å²) in [5.41, 5.74) is 1.50. The zero-order valence-electron chi connectivity index (χ0n) is 13.4. The van der Waals surface area contributed by atoms with Gasteiger partial charge in [0.05, 0.1) is 16.1 Å². The van der Waals surface area contributed by atoms with Crippen molar-refractivity contribution in [3.63, 3.8) is 0 Å². The van der Waals surface area contributed by atoms with Crippen LogP contribution in [0.1, 0.15) is 27.8 Å². The predicted molar refractivity (Wildman–Crippen MR) is 86.8 cm³/mol. The molecule has 0 saturated carbocycles. The Balaban J connectivity index is 1.72. The van der Waals surface area contributed by atoms with Crippen molar-refractivity contribution < 1.29 is 22.5 Å². The van der Waals surface area contributed by atoms with Crippen LogP contribution in [0.4, 0.5) is 13.2 Å². The molecule has 0 atom stereocenters. The first-order chi connectivity index (χ1) is 12.3. The average Bonchev–Trinajstić information content (AvgIpc) is 3.04. The molecule has 0 fully saturated rings. The number of aromatic nitrogens is 3. The third kappa shape index (κ3) is 3.77. The summed E-state index contributed by atoms with van der Waals surface area (Å²) in [6, 6.07) is 6.71. The Labute approximate surface area is 150 Å². The number of pyridine rings is 1. The first-order valence-electron chi connectivity index (χ1n) is 7.49. The van der Waals surface area contributed by atoms with Crippen molar-refractivity contribution in [2.45, 2.75) is 19.5 Å². The Morgan fingerprint density at radius 2 is 2.08 bits per heavy atom. The number of halogens is 4. The molecular weight excluding hydrogens is 373 g/mol. The summed E-state index contributed by atoms with van der Waals surface area (Å²) in [6.07, 6.45) is -4.70. The van der Waals surface area contributed by atoms with Gasteiger partial charge in [-0.3, -0.25) is 9.78 Å². The highest BCUT2D eigenvalue weighted by molar-refractivity contribution is 6.35. The monoisotopic (exact) mass is 384 g/mol. The molecule has 1 N–H and O–H groups in total. The maximum atomic E-state index is 12.5. The second-order valence-corrected chi connectivity index (χ2v) is 5.87. The number of benzene rings is 1. The largest absolute Gasteiger partial charge is 0.471 e. The molecule has 0 aliphatic rings. The molecule has 0 bridgehead atoms. The number of carbonyl (C=O) groups excluding carboxylic acids is 1. The van der Waals surface area contributed by atoms with Gasteiger partial charge in [-0.05, 0) is 19.1 Å². The summed E-state index contributed by atoms with van der Waals surface area (Å²) in [6.45, 7) is 1.77. The number of hydrogen-bond acceptors (Lipinski definition) is 5. The van der Waals surface area contributed by atoms with Gasteiger partial charge in [-0.1, -0.05) is 28.9 Å². The summed E-state index contributed by atoms with van der Waals surface area (Å²) in [5.74, 6) is -1.96. The number of carbonyl (C=O) groups is 1. The first kappa shape index (κ1) is 18.1. The Kier molecular flexibility index (Phi) is 4.82. The summed E-state index contributed by atoms with van der Waals surface area (Å²) in [7, 11) is 0. The van der Waals surface area contributed by atoms with Crippen molar-refractivity contribution >= 4 is 28.4 Å². The molecule has 0 unspecified atom stereocenters. The lowest BCUT2D eigenvalue weighted by molar-refractivity contribution is -0.159. The quantitative estimate of drug-likeness (QED) is 0.743. The van der Waals surface area contributed by atoms with Crippen LogP contribution >= 0.6 is 11.6 Å². The fourth-order valence-electron chi connectivity index (χ4n) is 2.38. The van der Waals surface area contributed by atoms with Crippen LogP contribution in [-0.2, 0) is 12.6 Å². The Bertz CT molecular complexity index is 972. The van der Waals surface area contributed by atoms with E-state index < -0.39 is 18.0 Å². The minimum atomic E-state index is -4.69. The van der Waals surface area contributed by atoms with Crippen molar-refractivity contribution in [2.75, 3.05) is 6.54 Å². The highest BCUT2D eigenvalue weighted by atomic mass is 35.5. The fourth-order valence-corrected chi connectivity index (χ4v) is 2.60. The van der Waals surface area contributed by atoms with Crippen LogP contribution in [0.15, 0.2) is 28.8 Å². The Morgan fingerprint density at radius 3 is 2.77 bits per heavy atom. The van der Waals surface area contributed by atoms with Crippen LogP contribution in [-0.4, -0.2) is 27.6 Å². The van der Waals surface area contributed by atoms with Crippen molar-refractivity contribution in [2.24, 2.45) is 0 Å². The number of alkyl halides is 3. The molecule has 10 heteroatoms. The number of para-hydroxylation sites is 1. The van der Waals surface area contributed by atoms with E-state index in [0.29, 0.717) is 27.2 Å².